The van der Waals surface area contributed by atoms with Crippen molar-refractivity contribution >= 4 is 5.84 Å². The largest absolute Gasteiger partial charge is 0.392 e. The van der Waals surface area contributed by atoms with Crippen LogP contribution < -0.4 is 5.73 Å². The molecule has 10 heavy (non-hydrogen) atoms. The lowest BCUT2D eigenvalue weighted by atomic mass is 10.2. The second-order valence-electron chi connectivity index (χ2n) is 1.79. The quantitative estimate of drug-likeness (QED) is 0.395. The van der Waals surface area contributed by atoms with Crippen LogP contribution in [0.25, 0.3) is 0 Å². The minimum atomic E-state index is -4.47. The van der Waals surface area contributed by atoms with Gasteiger partial charge in [-0.15, -0.1) is 0 Å². The van der Waals surface area contributed by atoms with Crippen LogP contribution in [0, 0.1) is 5.41 Å². The molecule has 0 bridgehead atoms. The number of hydrogen-bond acceptors (Lipinski definition) is 2. The van der Waals surface area contributed by atoms with Gasteiger partial charge in [-0.3, -0.25) is 5.41 Å². The molecular formula is C4H7F3N2O. The highest BCUT2D eigenvalue weighted by molar-refractivity contribution is 5.81. The van der Waals surface area contributed by atoms with Crippen molar-refractivity contribution in [2.45, 2.75) is 18.7 Å². The second kappa shape index (κ2) is 2.87. The summed E-state index contributed by atoms with van der Waals surface area (Å²) in [6.07, 6.45) is -7.83. The summed E-state index contributed by atoms with van der Waals surface area (Å²) in [5.41, 5.74) is 4.58. The Bertz CT molecular complexity index is 133. The highest BCUT2D eigenvalue weighted by atomic mass is 19.4. The molecule has 0 aliphatic rings. The van der Waals surface area contributed by atoms with Crippen LogP contribution in [0.1, 0.15) is 6.42 Å². The fourth-order valence-corrected chi connectivity index (χ4v) is 0.329. The van der Waals surface area contributed by atoms with E-state index in [2.05, 4.69) is 5.73 Å². The summed E-state index contributed by atoms with van der Waals surface area (Å²) < 4.78 is 34.1. The number of nitrogens with two attached hydrogens (primary N) is 1. The lowest BCUT2D eigenvalue weighted by molar-refractivity contribution is -0.146. The highest BCUT2D eigenvalue weighted by Gasteiger charge is 2.32. The predicted octanol–water partition coefficient (Wildman–Crippen LogP) is 0.236. The molecule has 1 atom stereocenters. The van der Waals surface area contributed by atoms with Crippen LogP contribution in [0.2, 0.25) is 0 Å². The zero-order valence-electron chi connectivity index (χ0n) is 4.94. The van der Waals surface area contributed by atoms with Gasteiger partial charge in [0.25, 0.3) is 0 Å². The van der Waals surface area contributed by atoms with Crippen LogP contribution in [-0.2, 0) is 0 Å². The van der Waals surface area contributed by atoms with Crippen LogP contribution in [0.5, 0.6) is 0 Å². The molecule has 0 radical (unpaired) electrons. The van der Waals surface area contributed by atoms with Crippen molar-refractivity contribution in [1.82, 2.24) is 0 Å². The summed E-state index contributed by atoms with van der Waals surface area (Å²) >= 11 is 0. The van der Waals surface area contributed by atoms with E-state index in [9.17, 15) is 13.2 Å². The number of nitrogens with one attached hydrogen (secondary N) is 1. The molecule has 0 amide bonds. The third-order valence-electron chi connectivity index (χ3n) is 0.784. The van der Waals surface area contributed by atoms with E-state index in [1.54, 1.807) is 0 Å². The maximum absolute atomic E-state index is 11.4. The first-order valence-electron chi connectivity index (χ1n) is 2.41. The summed E-state index contributed by atoms with van der Waals surface area (Å²) in [5.74, 6) is -0.864. The Labute approximate surface area is 55.2 Å². The number of alkyl halides is 3. The summed E-state index contributed by atoms with van der Waals surface area (Å²) in [6.45, 7) is 0. The van der Waals surface area contributed by atoms with E-state index in [-0.39, 0.29) is 0 Å². The van der Waals surface area contributed by atoms with Gasteiger partial charge in [0.15, 0.2) is 0 Å². The van der Waals surface area contributed by atoms with E-state index in [4.69, 9.17) is 10.5 Å². The molecule has 4 N–H and O–H groups in total. The van der Waals surface area contributed by atoms with E-state index in [1.807, 2.05) is 0 Å². The van der Waals surface area contributed by atoms with Gasteiger partial charge >= 0.3 is 6.18 Å². The number of hydrogen-bond donors (Lipinski definition) is 3. The minimum absolute atomic E-state index is 0.864. The number of aliphatic hydroxyl groups excluding tert-OH is 1. The fraction of sp³-hybridized carbons (Fsp3) is 0.750. The Hall–Kier alpha value is -0.780. The lowest BCUT2D eigenvalue weighted by Crippen LogP contribution is -2.32. The molecular weight excluding hydrogens is 149 g/mol. The number of amidine groups is 1. The van der Waals surface area contributed by atoms with Crippen molar-refractivity contribution < 1.29 is 18.3 Å². The van der Waals surface area contributed by atoms with Crippen molar-refractivity contribution in [3.8, 4) is 0 Å². The van der Waals surface area contributed by atoms with Crippen molar-refractivity contribution in [2.24, 2.45) is 5.73 Å². The average Bonchev–Trinajstić information content (AvgIpc) is 1.60. The van der Waals surface area contributed by atoms with E-state index < -0.39 is 24.5 Å². The van der Waals surface area contributed by atoms with Gasteiger partial charge in [0.1, 0.15) is 11.9 Å². The van der Waals surface area contributed by atoms with Crippen LogP contribution >= 0.6 is 0 Å². The number of rotatable bonds is 2. The third-order valence-corrected chi connectivity index (χ3v) is 0.784. The fourth-order valence-electron chi connectivity index (χ4n) is 0.329. The zero-order chi connectivity index (χ0) is 8.36. The summed E-state index contributed by atoms with van der Waals surface area (Å²) in [7, 11) is 0. The molecule has 0 saturated carbocycles. The molecule has 0 aromatic carbocycles. The van der Waals surface area contributed by atoms with Crippen LogP contribution in [0.4, 0.5) is 13.2 Å². The predicted molar refractivity (Wildman–Crippen MR) is 28.6 cm³/mol. The topological polar surface area (TPSA) is 70.1 Å². The molecule has 0 aromatic rings. The van der Waals surface area contributed by atoms with Gasteiger partial charge in [-0.25, -0.2) is 0 Å². The van der Waals surface area contributed by atoms with E-state index in [1.165, 1.54) is 0 Å². The van der Waals surface area contributed by atoms with Crippen molar-refractivity contribution in [3.63, 3.8) is 0 Å². The maximum atomic E-state index is 11.4. The summed E-state index contributed by atoms with van der Waals surface area (Å²) in [5, 5.41) is 14.8. The smallest absolute Gasteiger partial charge is 0.385 e. The summed E-state index contributed by atoms with van der Waals surface area (Å²) in [4.78, 5) is 0. The van der Waals surface area contributed by atoms with Gasteiger partial charge in [0.05, 0.1) is 6.42 Å². The minimum Gasteiger partial charge on any atom is -0.385 e. The summed E-state index contributed by atoms with van der Waals surface area (Å²) in [6, 6.07) is 0. The van der Waals surface area contributed by atoms with Crippen molar-refractivity contribution in [1.29, 1.82) is 5.41 Å². The molecule has 6 heteroatoms. The first-order chi connectivity index (χ1) is 4.33. The molecule has 1 unspecified atom stereocenters. The van der Waals surface area contributed by atoms with Gasteiger partial charge in [-0.2, -0.15) is 13.2 Å². The Morgan fingerprint density at radius 2 is 2.00 bits per heavy atom. The zero-order valence-corrected chi connectivity index (χ0v) is 4.94. The van der Waals surface area contributed by atoms with Crippen LogP contribution in [-0.4, -0.2) is 23.2 Å². The van der Waals surface area contributed by atoms with Gasteiger partial charge in [0.2, 0.25) is 0 Å². The molecule has 0 aliphatic carbocycles. The van der Waals surface area contributed by atoms with Crippen molar-refractivity contribution in [3.05, 3.63) is 0 Å². The highest BCUT2D eigenvalue weighted by Crippen LogP contribution is 2.21. The van der Waals surface area contributed by atoms with E-state index in [0.717, 1.165) is 0 Å². The van der Waals surface area contributed by atoms with Gasteiger partial charge in [0, 0.05) is 0 Å². The van der Waals surface area contributed by atoms with Gasteiger partial charge < -0.3 is 10.8 Å². The van der Waals surface area contributed by atoms with Gasteiger partial charge in [-0.05, 0) is 0 Å². The van der Waals surface area contributed by atoms with E-state index in [0.29, 0.717) is 0 Å². The van der Waals surface area contributed by atoms with Crippen molar-refractivity contribution in [2.75, 3.05) is 0 Å². The average molecular weight is 156 g/mol. The third kappa shape index (κ3) is 4.13. The molecule has 3 nitrogen and oxygen atoms in total. The van der Waals surface area contributed by atoms with E-state index >= 15 is 0 Å². The molecule has 0 saturated heterocycles. The molecule has 0 heterocycles. The normalized spacial score (nSPS) is 14.8. The Morgan fingerprint density at radius 1 is 1.60 bits per heavy atom. The lowest BCUT2D eigenvalue weighted by Gasteiger charge is -2.10. The number of halogens is 3. The first kappa shape index (κ1) is 9.22. The molecule has 0 spiro atoms. The van der Waals surface area contributed by atoms with Gasteiger partial charge in [-0.1, -0.05) is 0 Å². The second-order valence-corrected chi connectivity index (χ2v) is 1.79. The molecule has 0 aliphatic heterocycles. The molecule has 0 rings (SSSR count). The standard InChI is InChI=1S/C4H7F3N2O/c5-4(6,7)1-2(10)3(8)9/h2,10H,1H2,(H3,8,9). The Kier molecular flexibility index (Phi) is 2.65. The maximum Gasteiger partial charge on any atom is 0.392 e. The molecule has 0 aromatic heterocycles. The number of aliphatic hydroxyl groups is 1. The molecule has 60 valence electrons. The Balaban J connectivity index is 3.80. The SMILES string of the molecule is N=C(N)C(O)CC(F)(F)F. The van der Waals surface area contributed by atoms with Crippen LogP contribution in [0.15, 0.2) is 0 Å². The monoisotopic (exact) mass is 156 g/mol. The Morgan fingerprint density at radius 3 is 2.10 bits per heavy atom. The first-order valence-corrected chi connectivity index (χ1v) is 2.41. The van der Waals surface area contributed by atoms with Crippen LogP contribution in [0.3, 0.4) is 0 Å². The molecule has 0 fully saturated rings.